The maximum absolute atomic E-state index is 10.7. The number of ether oxygens (including phenoxy) is 1. The van der Waals surface area contributed by atoms with Crippen molar-refractivity contribution in [2.45, 2.75) is 45.1 Å². The third kappa shape index (κ3) is 3.09. The van der Waals surface area contributed by atoms with Gasteiger partial charge in [0.05, 0.1) is 10.6 Å². The molecule has 1 aromatic carbocycles. The van der Waals surface area contributed by atoms with Crippen LogP contribution in [-0.2, 0) is 4.79 Å². The van der Waals surface area contributed by atoms with Crippen LogP contribution in [-0.4, -0.2) is 12.4 Å². The Kier molecular flexibility index (Phi) is 3.87. The molecule has 0 bridgehead atoms. The number of hydrogen-bond donors (Lipinski definition) is 0. The molecule has 2 rings (SSSR count). The molecule has 1 saturated carbocycles. The van der Waals surface area contributed by atoms with Gasteiger partial charge in [0.1, 0.15) is 12.0 Å². The fraction of sp³-hybridized carbons (Fsp3) is 0.500. The second-order valence-corrected chi connectivity index (χ2v) is 5.64. The van der Waals surface area contributed by atoms with E-state index in [1.807, 2.05) is 0 Å². The molecule has 1 atom stereocenters. The number of carbonyl (C=O) groups excluding carboxylic acids is 1. The fourth-order valence-corrected chi connectivity index (χ4v) is 2.55. The van der Waals surface area contributed by atoms with Crippen molar-refractivity contribution in [2.24, 2.45) is 0 Å². The molecule has 17 heavy (non-hydrogen) atoms. The number of carbonyl (C=O) groups is 1. The van der Waals surface area contributed by atoms with Gasteiger partial charge in [-0.1, -0.05) is 13.0 Å². The molecule has 0 heterocycles. The smallest absolute Gasteiger partial charge is 0.137 e. The molecular formula is C14H17BrO2. The van der Waals surface area contributed by atoms with Crippen molar-refractivity contribution >= 4 is 22.2 Å². The molecule has 1 aliphatic carbocycles. The van der Waals surface area contributed by atoms with E-state index in [0.717, 1.165) is 34.9 Å². The van der Waals surface area contributed by atoms with Crippen LogP contribution < -0.4 is 4.74 Å². The highest BCUT2D eigenvalue weighted by molar-refractivity contribution is 9.10. The van der Waals surface area contributed by atoms with Gasteiger partial charge in [-0.3, -0.25) is 0 Å². The first-order valence-corrected chi connectivity index (χ1v) is 6.81. The highest BCUT2D eigenvalue weighted by atomic mass is 79.9. The lowest BCUT2D eigenvalue weighted by molar-refractivity contribution is -0.108. The van der Waals surface area contributed by atoms with Gasteiger partial charge in [0, 0.05) is 6.42 Å². The Morgan fingerprint density at radius 2 is 2.24 bits per heavy atom. The number of halogens is 1. The number of aldehydes is 1. The highest BCUT2D eigenvalue weighted by Crippen LogP contribution is 2.39. The first-order chi connectivity index (χ1) is 8.11. The van der Waals surface area contributed by atoms with E-state index in [1.165, 1.54) is 5.56 Å². The van der Waals surface area contributed by atoms with Crippen molar-refractivity contribution in [3.8, 4) is 5.75 Å². The van der Waals surface area contributed by atoms with Crippen molar-refractivity contribution in [3.05, 3.63) is 27.7 Å². The zero-order valence-electron chi connectivity index (χ0n) is 10.2. The van der Waals surface area contributed by atoms with E-state index < -0.39 is 0 Å². The van der Waals surface area contributed by atoms with E-state index in [9.17, 15) is 4.79 Å². The molecule has 1 unspecified atom stereocenters. The first-order valence-electron chi connectivity index (χ1n) is 6.02. The standard InChI is InChI=1S/C14H17BrO2/c1-9-7-12(10(2)5-6-16)14(13(15)8-9)17-11-3-4-11/h6-8,10-11H,3-5H2,1-2H3. The summed E-state index contributed by atoms with van der Waals surface area (Å²) < 4.78 is 6.94. The predicted molar refractivity (Wildman–Crippen MR) is 71.6 cm³/mol. The van der Waals surface area contributed by atoms with Gasteiger partial charge in [0.25, 0.3) is 0 Å². The van der Waals surface area contributed by atoms with Crippen molar-refractivity contribution < 1.29 is 9.53 Å². The van der Waals surface area contributed by atoms with E-state index in [4.69, 9.17) is 4.74 Å². The molecule has 0 N–H and O–H groups in total. The summed E-state index contributed by atoms with van der Waals surface area (Å²) in [5.41, 5.74) is 2.32. The summed E-state index contributed by atoms with van der Waals surface area (Å²) in [6.45, 7) is 4.12. The molecular weight excluding hydrogens is 280 g/mol. The molecule has 0 amide bonds. The van der Waals surface area contributed by atoms with Gasteiger partial charge in [-0.2, -0.15) is 0 Å². The van der Waals surface area contributed by atoms with Crippen molar-refractivity contribution in [1.29, 1.82) is 0 Å². The average molecular weight is 297 g/mol. The molecule has 0 spiro atoms. The lowest BCUT2D eigenvalue weighted by Gasteiger charge is -2.17. The monoisotopic (exact) mass is 296 g/mol. The summed E-state index contributed by atoms with van der Waals surface area (Å²) in [6, 6.07) is 4.19. The van der Waals surface area contributed by atoms with E-state index in [-0.39, 0.29) is 5.92 Å². The van der Waals surface area contributed by atoms with Crippen LogP contribution in [0.3, 0.4) is 0 Å². The number of hydrogen-bond acceptors (Lipinski definition) is 2. The van der Waals surface area contributed by atoms with Crippen LogP contribution in [0, 0.1) is 6.92 Å². The molecule has 0 radical (unpaired) electrons. The van der Waals surface area contributed by atoms with Crippen LogP contribution in [0.15, 0.2) is 16.6 Å². The Labute approximate surface area is 110 Å². The summed E-state index contributed by atoms with van der Waals surface area (Å²) in [4.78, 5) is 10.7. The lowest BCUT2D eigenvalue weighted by Crippen LogP contribution is -2.04. The summed E-state index contributed by atoms with van der Waals surface area (Å²) in [7, 11) is 0. The zero-order chi connectivity index (χ0) is 12.4. The molecule has 0 saturated heterocycles. The summed E-state index contributed by atoms with van der Waals surface area (Å²) in [6.07, 6.45) is 4.17. The Morgan fingerprint density at radius 1 is 1.53 bits per heavy atom. The maximum Gasteiger partial charge on any atom is 0.137 e. The SMILES string of the molecule is Cc1cc(Br)c(OC2CC2)c(C(C)CC=O)c1. The third-order valence-corrected chi connectivity index (χ3v) is 3.60. The second kappa shape index (κ2) is 5.21. The third-order valence-electron chi connectivity index (χ3n) is 3.01. The van der Waals surface area contributed by atoms with E-state index in [0.29, 0.717) is 12.5 Å². The van der Waals surface area contributed by atoms with Gasteiger partial charge in [-0.25, -0.2) is 0 Å². The lowest BCUT2D eigenvalue weighted by atomic mass is 9.96. The Balaban J connectivity index is 2.34. The van der Waals surface area contributed by atoms with Gasteiger partial charge >= 0.3 is 0 Å². The number of aryl methyl sites for hydroxylation is 1. The number of benzene rings is 1. The minimum Gasteiger partial charge on any atom is -0.489 e. The number of rotatable bonds is 5. The quantitative estimate of drug-likeness (QED) is 0.768. The molecule has 1 fully saturated rings. The van der Waals surface area contributed by atoms with Crippen molar-refractivity contribution in [2.75, 3.05) is 0 Å². The zero-order valence-corrected chi connectivity index (χ0v) is 11.8. The van der Waals surface area contributed by atoms with Gasteiger partial charge in [0.15, 0.2) is 0 Å². The summed E-state index contributed by atoms with van der Waals surface area (Å²) >= 11 is 3.56. The van der Waals surface area contributed by atoms with E-state index in [1.54, 1.807) is 0 Å². The first kappa shape index (κ1) is 12.6. The van der Waals surface area contributed by atoms with Crippen molar-refractivity contribution in [1.82, 2.24) is 0 Å². The van der Waals surface area contributed by atoms with Crippen LogP contribution in [0.25, 0.3) is 0 Å². The molecule has 92 valence electrons. The van der Waals surface area contributed by atoms with Gasteiger partial charge < -0.3 is 9.53 Å². The fourth-order valence-electron chi connectivity index (χ4n) is 1.87. The molecule has 3 heteroatoms. The van der Waals surface area contributed by atoms with Crippen LogP contribution in [0.4, 0.5) is 0 Å². The molecule has 1 aliphatic rings. The van der Waals surface area contributed by atoms with Gasteiger partial charge in [-0.05, 0) is 58.8 Å². The molecule has 1 aromatic rings. The predicted octanol–water partition coefficient (Wildman–Crippen LogP) is 3.99. The Bertz CT molecular complexity index is 424. The van der Waals surface area contributed by atoms with Crippen LogP contribution in [0.2, 0.25) is 0 Å². The Hall–Kier alpha value is -0.830. The summed E-state index contributed by atoms with van der Waals surface area (Å²) in [5, 5.41) is 0. The Morgan fingerprint density at radius 3 is 2.82 bits per heavy atom. The highest BCUT2D eigenvalue weighted by Gasteiger charge is 2.26. The summed E-state index contributed by atoms with van der Waals surface area (Å²) in [5.74, 6) is 1.13. The largest absolute Gasteiger partial charge is 0.489 e. The van der Waals surface area contributed by atoms with Crippen LogP contribution in [0.1, 0.15) is 43.2 Å². The molecule has 2 nitrogen and oxygen atoms in total. The van der Waals surface area contributed by atoms with E-state index >= 15 is 0 Å². The molecule has 0 aliphatic heterocycles. The maximum atomic E-state index is 10.7. The van der Waals surface area contributed by atoms with E-state index in [2.05, 4.69) is 41.9 Å². The minimum atomic E-state index is 0.206. The topological polar surface area (TPSA) is 26.3 Å². The van der Waals surface area contributed by atoms with Crippen LogP contribution >= 0.6 is 15.9 Å². The molecule has 0 aromatic heterocycles. The van der Waals surface area contributed by atoms with Gasteiger partial charge in [0.2, 0.25) is 0 Å². The van der Waals surface area contributed by atoms with Gasteiger partial charge in [-0.15, -0.1) is 0 Å². The average Bonchev–Trinajstić information content (AvgIpc) is 3.05. The second-order valence-electron chi connectivity index (χ2n) is 4.79. The minimum absolute atomic E-state index is 0.206. The van der Waals surface area contributed by atoms with Crippen molar-refractivity contribution in [3.63, 3.8) is 0 Å². The normalized spacial score (nSPS) is 16.6. The van der Waals surface area contributed by atoms with Crippen LogP contribution in [0.5, 0.6) is 5.75 Å².